The molecule has 2 aromatic carbocycles. The topological polar surface area (TPSA) is 97.5 Å². The summed E-state index contributed by atoms with van der Waals surface area (Å²) in [5.74, 6) is -0.377. The van der Waals surface area contributed by atoms with Crippen molar-refractivity contribution >= 4 is 22.9 Å². The van der Waals surface area contributed by atoms with Crippen LogP contribution in [0.15, 0.2) is 48.5 Å². The summed E-state index contributed by atoms with van der Waals surface area (Å²) >= 11 is 0. The number of carboxylic acid groups (broad SMARTS) is 1. The van der Waals surface area contributed by atoms with Gasteiger partial charge in [-0.3, -0.25) is 9.69 Å². The highest BCUT2D eigenvalue weighted by atomic mass is 19.1. The Morgan fingerprint density at radius 1 is 0.912 bits per heavy atom. The van der Waals surface area contributed by atoms with Gasteiger partial charge < -0.3 is 20.7 Å². The van der Waals surface area contributed by atoms with E-state index in [2.05, 4.69) is 20.5 Å². The SMILES string of the molecule is O=C(O)NC1CCC(N2CCC(NC(=O)c3cc4ccc(-c5ccc(F)cc5)cc4[nH]3)C2)CC1. The van der Waals surface area contributed by atoms with Crippen molar-refractivity contribution in [3.63, 3.8) is 0 Å². The van der Waals surface area contributed by atoms with Crippen LogP contribution in [-0.2, 0) is 0 Å². The number of fused-ring (bicyclic) bond motifs is 1. The number of halogens is 1. The molecule has 1 saturated heterocycles. The predicted octanol–water partition coefficient (Wildman–Crippen LogP) is 4.36. The van der Waals surface area contributed by atoms with E-state index < -0.39 is 6.09 Å². The van der Waals surface area contributed by atoms with Gasteiger partial charge in [-0.1, -0.05) is 24.3 Å². The maximum absolute atomic E-state index is 13.2. The fourth-order valence-corrected chi connectivity index (χ4v) is 5.33. The molecule has 8 heteroatoms. The summed E-state index contributed by atoms with van der Waals surface area (Å²) in [6.07, 6.45) is 3.64. The van der Waals surface area contributed by atoms with E-state index in [-0.39, 0.29) is 23.8 Å². The van der Waals surface area contributed by atoms with Crippen LogP contribution in [0.2, 0.25) is 0 Å². The molecule has 2 fully saturated rings. The molecule has 2 amide bonds. The fourth-order valence-electron chi connectivity index (χ4n) is 5.33. The molecule has 0 bridgehead atoms. The molecule has 0 radical (unpaired) electrons. The summed E-state index contributed by atoms with van der Waals surface area (Å²) in [4.78, 5) is 29.4. The smallest absolute Gasteiger partial charge is 0.404 e. The van der Waals surface area contributed by atoms with Crippen LogP contribution in [0.4, 0.5) is 9.18 Å². The second kappa shape index (κ2) is 9.46. The highest BCUT2D eigenvalue weighted by molar-refractivity contribution is 5.99. The van der Waals surface area contributed by atoms with Crippen LogP contribution in [0.25, 0.3) is 22.0 Å². The number of hydrogen-bond acceptors (Lipinski definition) is 3. The van der Waals surface area contributed by atoms with Crippen LogP contribution in [0.3, 0.4) is 0 Å². The molecular formula is C26H29FN4O3. The summed E-state index contributed by atoms with van der Waals surface area (Å²) < 4.78 is 13.2. The van der Waals surface area contributed by atoms with E-state index in [1.165, 1.54) is 12.1 Å². The number of aromatic amines is 1. The average molecular weight is 465 g/mol. The van der Waals surface area contributed by atoms with E-state index in [1.54, 1.807) is 12.1 Å². The molecule has 5 rings (SSSR count). The van der Waals surface area contributed by atoms with Crippen molar-refractivity contribution in [2.45, 2.75) is 50.2 Å². The first-order valence-electron chi connectivity index (χ1n) is 11.9. The maximum atomic E-state index is 13.2. The zero-order chi connectivity index (χ0) is 23.7. The molecule has 178 valence electrons. The molecule has 1 unspecified atom stereocenters. The number of aromatic nitrogens is 1. The van der Waals surface area contributed by atoms with Gasteiger partial charge in [0.25, 0.3) is 5.91 Å². The van der Waals surface area contributed by atoms with Gasteiger partial charge >= 0.3 is 6.09 Å². The number of hydrogen-bond donors (Lipinski definition) is 4. The summed E-state index contributed by atoms with van der Waals surface area (Å²) in [6, 6.07) is 14.8. The number of H-pyrrole nitrogens is 1. The van der Waals surface area contributed by atoms with Gasteiger partial charge in [-0.25, -0.2) is 9.18 Å². The molecule has 1 aliphatic heterocycles. The third-order valence-corrected chi connectivity index (χ3v) is 7.14. The average Bonchev–Trinajstić information content (AvgIpc) is 3.46. The third kappa shape index (κ3) is 4.92. The molecule has 1 atom stereocenters. The van der Waals surface area contributed by atoms with Crippen molar-refractivity contribution in [3.8, 4) is 11.1 Å². The normalized spacial score (nSPS) is 23.1. The third-order valence-electron chi connectivity index (χ3n) is 7.14. The number of nitrogens with zero attached hydrogens (tertiary/aromatic N) is 1. The Balaban J connectivity index is 1.18. The minimum absolute atomic E-state index is 0.0532. The lowest BCUT2D eigenvalue weighted by atomic mass is 9.90. The minimum atomic E-state index is -0.948. The molecule has 1 aliphatic carbocycles. The van der Waals surface area contributed by atoms with E-state index in [1.807, 2.05) is 24.3 Å². The first kappa shape index (κ1) is 22.4. The van der Waals surface area contributed by atoms with E-state index in [0.29, 0.717) is 11.7 Å². The highest BCUT2D eigenvalue weighted by Gasteiger charge is 2.32. The lowest BCUT2D eigenvalue weighted by Gasteiger charge is -2.34. The quantitative estimate of drug-likeness (QED) is 0.451. The Labute approximate surface area is 197 Å². The van der Waals surface area contributed by atoms with Gasteiger partial charge in [0.2, 0.25) is 0 Å². The van der Waals surface area contributed by atoms with E-state index in [0.717, 1.165) is 67.2 Å². The molecule has 0 spiro atoms. The molecule has 3 aromatic rings. The molecule has 1 aromatic heterocycles. The van der Waals surface area contributed by atoms with Crippen LogP contribution in [0, 0.1) is 5.82 Å². The van der Waals surface area contributed by atoms with Crippen molar-refractivity contribution < 1.29 is 19.1 Å². The maximum Gasteiger partial charge on any atom is 0.404 e. The number of likely N-dealkylation sites (tertiary alicyclic amines) is 1. The molecule has 2 heterocycles. The number of carbonyl (C=O) groups is 2. The van der Waals surface area contributed by atoms with Crippen molar-refractivity contribution in [3.05, 3.63) is 60.0 Å². The highest BCUT2D eigenvalue weighted by Crippen LogP contribution is 2.27. The first-order valence-corrected chi connectivity index (χ1v) is 11.9. The molecule has 34 heavy (non-hydrogen) atoms. The fraction of sp³-hybridized carbons (Fsp3) is 0.385. The summed E-state index contributed by atoms with van der Waals surface area (Å²) in [5, 5.41) is 15.6. The van der Waals surface area contributed by atoms with Crippen LogP contribution in [0.1, 0.15) is 42.6 Å². The zero-order valence-electron chi connectivity index (χ0n) is 18.9. The standard InChI is InChI=1S/C26H29FN4O3/c27-19-5-3-16(4-6-19)17-1-2-18-14-24(30-23(18)13-17)25(32)28-21-11-12-31(15-21)22-9-7-20(8-10-22)29-26(33)34/h1-6,13-14,20-22,29-30H,7-12,15H2,(H,28,32)(H,33,34). The largest absolute Gasteiger partial charge is 0.465 e. The van der Waals surface area contributed by atoms with Crippen LogP contribution in [0.5, 0.6) is 0 Å². The second-order valence-corrected chi connectivity index (χ2v) is 9.40. The zero-order valence-corrected chi connectivity index (χ0v) is 18.9. The van der Waals surface area contributed by atoms with E-state index >= 15 is 0 Å². The Kier molecular flexibility index (Phi) is 6.24. The molecule has 7 nitrogen and oxygen atoms in total. The van der Waals surface area contributed by atoms with Crippen LogP contribution < -0.4 is 10.6 Å². The first-order chi connectivity index (χ1) is 16.4. The number of benzene rings is 2. The van der Waals surface area contributed by atoms with Crippen molar-refractivity contribution in [2.75, 3.05) is 13.1 Å². The van der Waals surface area contributed by atoms with E-state index in [9.17, 15) is 14.0 Å². The monoisotopic (exact) mass is 464 g/mol. The van der Waals surface area contributed by atoms with Crippen molar-refractivity contribution in [2.24, 2.45) is 0 Å². The summed E-state index contributed by atoms with van der Waals surface area (Å²) in [7, 11) is 0. The Bertz CT molecular complexity index is 1180. The van der Waals surface area contributed by atoms with Gasteiger partial charge in [0.15, 0.2) is 0 Å². The Morgan fingerprint density at radius 2 is 1.65 bits per heavy atom. The Morgan fingerprint density at radius 3 is 2.38 bits per heavy atom. The molecule has 4 N–H and O–H groups in total. The van der Waals surface area contributed by atoms with Gasteiger partial charge in [0.05, 0.1) is 0 Å². The molecular weight excluding hydrogens is 435 g/mol. The van der Waals surface area contributed by atoms with Gasteiger partial charge in [-0.05, 0) is 67.5 Å². The summed E-state index contributed by atoms with van der Waals surface area (Å²) in [6.45, 7) is 1.77. The van der Waals surface area contributed by atoms with E-state index in [4.69, 9.17) is 5.11 Å². The summed E-state index contributed by atoms with van der Waals surface area (Å²) in [5.41, 5.74) is 3.28. The van der Waals surface area contributed by atoms with Gasteiger partial charge in [-0.15, -0.1) is 0 Å². The lowest BCUT2D eigenvalue weighted by molar-refractivity contribution is 0.0930. The van der Waals surface area contributed by atoms with Gasteiger partial charge in [0.1, 0.15) is 11.5 Å². The predicted molar refractivity (Wildman–Crippen MR) is 128 cm³/mol. The van der Waals surface area contributed by atoms with Crippen molar-refractivity contribution in [1.82, 2.24) is 20.5 Å². The second-order valence-electron chi connectivity index (χ2n) is 9.40. The lowest BCUT2D eigenvalue weighted by Crippen LogP contribution is -2.44. The molecule has 2 aliphatic rings. The van der Waals surface area contributed by atoms with Crippen LogP contribution >= 0.6 is 0 Å². The Hall–Kier alpha value is -3.39. The number of nitrogens with one attached hydrogen (secondary N) is 3. The minimum Gasteiger partial charge on any atom is -0.465 e. The van der Waals surface area contributed by atoms with Gasteiger partial charge in [-0.2, -0.15) is 0 Å². The number of carbonyl (C=O) groups excluding carboxylic acids is 1. The van der Waals surface area contributed by atoms with Gasteiger partial charge in [0, 0.05) is 42.1 Å². The molecule has 1 saturated carbocycles. The number of amides is 2. The van der Waals surface area contributed by atoms with Crippen LogP contribution in [-0.4, -0.2) is 58.2 Å². The van der Waals surface area contributed by atoms with Crippen molar-refractivity contribution in [1.29, 1.82) is 0 Å². The number of rotatable bonds is 5.